The molecule has 1 rings (SSSR count). The number of aliphatic hydroxyl groups is 1. The second-order valence-electron chi connectivity index (χ2n) is 4.77. The van der Waals surface area contributed by atoms with E-state index >= 15 is 0 Å². The number of nitrogens with zero attached hydrogens (tertiary/aromatic N) is 1. The van der Waals surface area contributed by atoms with Crippen molar-refractivity contribution in [3.63, 3.8) is 0 Å². The predicted octanol–water partition coefficient (Wildman–Crippen LogP) is 0.0926. The van der Waals surface area contributed by atoms with Crippen LogP contribution in [0.2, 0.25) is 0 Å². The van der Waals surface area contributed by atoms with Crippen LogP contribution in [0.3, 0.4) is 0 Å². The highest BCUT2D eigenvalue weighted by Crippen LogP contribution is 2.22. The number of hydrogen-bond acceptors (Lipinski definition) is 4. The fourth-order valence-electron chi connectivity index (χ4n) is 2.20. The summed E-state index contributed by atoms with van der Waals surface area (Å²) in [4.78, 5) is 0. The number of aliphatic hydroxyl groups excluding tert-OH is 1. The summed E-state index contributed by atoms with van der Waals surface area (Å²) >= 11 is 0. The van der Waals surface area contributed by atoms with Crippen molar-refractivity contribution in [2.45, 2.75) is 44.2 Å². The van der Waals surface area contributed by atoms with Crippen molar-refractivity contribution in [3.8, 4) is 0 Å². The molecular weight excluding hydrogens is 256 g/mol. The Bertz CT molecular complexity index is 328. The van der Waals surface area contributed by atoms with Gasteiger partial charge in [0.1, 0.15) is 0 Å². The molecule has 1 unspecified atom stereocenters. The quantitative estimate of drug-likeness (QED) is 0.693. The standard InChI is InChI=1S/C11H24N2O4S/c1-13(10-6-4-3-5-7-10)18(15,16)12-8-11(14)9-17-2/h10-12,14H,3-9H2,1-2H3. The molecule has 0 aromatic heterocycles. The van der Waals surface area contributed by atoms with E-state index in [-0.39, 0.29) is 19.2 Å². The Labute approximate surface area is 109 Å². The molecule has 1 fully saturated rings. The van der Waals surface area contributed by atoms with E-state index in [2.05, 4.69) is 4.72 Å². The minimum Gasteiger partial charge on any atom is -0.389 e. The predicted molar refractivity (Wildman–Crippen MR) is 69.4 cm³/mol. The van der Waals surface area contributed by atoms with Crippen molar-refractivity contribution in [1.29, 1.82) is 0 Å². The zero-order chi connectivity index (χ0) is 13.6. The van der Waals surface area contributed by atoms with Crippen molar-refractivity contribution in [2.75, 3.05) is 27.3 Å². The summed E-state index contributed by atoms with van der Waals surface area (Å²) in [5, 5.41) is 9.43. The maximum Gasteiger partial charge on any atom is 0.279 e. The van der Waals surface area contributed by atoms with Crippen LogP contribution in [0.1, 0.15) is 32.1 Å². The van der Waals surface area contributed by atoms with Crippen LogP contribution in [0.25, 0.3) is 0 Å². The zero-order valence-electron chi connectivity index (χ0n) is 11.1. The largest absolute Gasteiger partial charge is 0.389 e. The maximum absolute atomic E-state index is 12.0. The van der Waals surface area contributed by atoms with Crippen molar-refractivity contribution in [2.24, 2.45) is 0 Å². The van der Waals surface area contributed by atoms with Gasteiger partial charge in [-0.25, -0.2) is 0 Å². The van der Waals surface area contributed by atoms with Gasteiger partial charge in [-0.1, -0.05) is 19.3 Å². The van der Waals surface area contributed by atoms with Crippen LogP contribution in [-0.4, -0.2) is 57.3 Å². The van der Waals surface area contributed by atoms with Crippen LogP contribution in [0.15, 0.2) is 0 Å². The second kappa shape index (κ2) is 7.40. The van der Waals surface area contributed by atoms with E-state index in [0.29, 0.717) is 0 Å². The molecule has 1 saturated carbocycles. The third-order valence-electron chi connectivity index (χ3n) is 3.33. The molecule has 0 aliphatic heterocycles. The number of nitrogens with one attached hydrogen (secondary N) is 1. The lowest BCUT2D eigenvalue weighted by Gasteiger charge is -2.30. The molecule has 1 aliphatic carbocycles. The van der Waals surface area contributed by atoms with Gasteiger partial charge in [-0.15, -0.1) is 0 Å². The minimum atomic E-state index is -3.51. The Morgan fingerprint density at radius 2 is 2.00 bits per heavy atom. The lowest BCUT2D eigenvalue weighted by Crippen LogP contribution is -2.47. The number of ether oxygens (including phenoxy) is 1. The van der Waals surface area contributed by atoms with Gasteiger partial charge < -0.3 is 9.84 Å². The van der Waals surface area contributed by atoms with E-state index in [4.69, 9.17) is 4.74 Å². The highest BCUT2D eigenvalue weighted by molar-refractivity contribution is 7.87. The molecule has 7 heteroatoms. The van der Waals surface area contributed by atoms with E-state index in [1.165, 1.54) is 17.8 Å². The molecule has 1 atom stereocenters. The number of rotatable bonds is 7. The monoisotopic (exact) mass is 280 g/mol. The van der Waals surface area contributed by atoms with Gasteiger partial charge in [0.05, 0.1) is 12.7 Å². The third-order valence-corrected chi connectivity index (χ3v) is 4.92. The first-order valence-electron chi connectivity index (χ1n) is 6.37. The maximum atomic E-state index is 12.0. The molecule has 108 valence electrons. The van der Waals surface area contributed by atoms with Gasteiger partial charge in [-0.05, 0) is 12.8 Å². The lowest BCUT2D eigenvalue weighted by molar-refractivity contribution is 0.0676. The summed E-state index contributed by atoms with van der Waals surface area (Å²) in [6.07, 6.45) is 4.36. The van der Waals surface area contributed by atoms with E-state index in [0.717, 1.165) is 25.7 Å². The summed E-state index contributed by atoms with van der Waals surface area (Å²) in [5.74, 6) is 0. The molecule has 0 aromatic rings. The average molecular weight is 280 g/mol. The third kappa shape index (κ3) is 4.81. The highest BCUT2D eigenvalue weighted by atomic mass is 32.2. The van der Waals surface area contributed by atoms with Crippen molar-refractivity contribution < 1.29 is 18.3 Å². The summed E-state index contributed by atoms with van der Waals surface area (Å²) in [6.45, 7) is 0.100. The van der Waals surface area contributed by atoms with Crippen LogP contribution in [0.5, 0.6) is 0 Å². The summed E-state index contributed by atoms with van der Waals surface area (Å²) < 4.78 is 32.6. The van der Waals surface area contributed by atoms with Gasteiger partial charge in [0.2, 0.25) is 0 Å². The fourth-order valence-corrected chi connectivity index (χ4v) is 3.41. The Morgan fingerprint density at radius 3 is 2.56 bits per heavy atom. The zero-order valence-corrected chi connectivity index (χ0v) is 11.9. The molecule has 0 heterocycles. The Kier molecular flexibility index (Phi) is 6.51. The molecular formula is C11H24N2O4S. The molecule has 6 nitrogen and oxygen atoms in total. The van der Waals surface area contributed by atoms with E-state index in [1.807, 2.05) is 0 Å². The van der Waals surface area contributed by atoms with Gasteiger partial charge >= 0.3 is 0 Å². The molecule has 18 heavy (non-hydrogen) atoms. The SMILES string of the molecule is COCC(O)CNS(=O)(=O)N(C)C1CCCCC1. The molecule has 0 saturated heterocycles. The summed E-state index contributed by atoms with van der Waals surface area (Å²) in [6, 6.07) is 0.0795. The first kappa shape index (κ1) is 15.8. The van der Waals surface area contributed by atoms with Gasteiger partial charge in [0.15, 0.2) is 0 Å². The Morgan fingerprint density at radius 1 is 1.39 bits per heavy atom. The van der Waals surface area contributed by atoms with Gasteiger partial charge in [0, 0.05) is 26.7 Å². The van der Waals surface area contributed by atoms with Crippen LogP contribution < -0.4 is 4.72 Å². The smallest absolute Gasteiger partial charge is 0.279 e. The summed E-state index contributed by atoms with van der Waals surface area (Å²) in [7, 11) is -0.443. The van der Waals surface area contributed by atoms with Crippen molar-refractivity contribution >= 4 is 10.2 Å². The molecule has 0 aromatic carbocycles. The molecule has 0 spiro atoms. The minimum absolute atomic E-state index is 0.0206. The Balaban J connectivity index is 2.46. The summed E-state index contributed by atoms with van der Waals surface area (Å²) in [5.41, 5.74) is 0. The molecule has 1 aliphatic rings. The van der Waals surface area contributed by atoms with Gasteiger partial charge in [-0.3, -0.25) is 0 Å². The topological polar surface area (TPSA) is 78.9 Å². The van der Waals surface area contributed by atoms with Crippen LogP contribution in [0, 0.1) is 0 Å². The fraction of sp³-hybridized carbons (Fsp3) is 1.00. The average Bonchev–Trinajstić information content (AvgIpc) is 2.37. The first-order chi connectivity index (χ1) is 8.47. The Hall–Kier alpha value is -0.210. The number of hydrogen-bond donors (Lipinski definition) is 2. The molecule has 0 bridgehead atoms. The van der Waals surface area contributed by atoms with Crippen LogP contribution >= 0.6 is 0 Å². The first-order valence-corrected chi connectivity index (χ1v) is 7.81. The van der Waals surface area contributed by atoms with E-state index < -0.39 is 16.3 Å². The highest BCUT2D eigenvalue weighted by Gasteiger charge is 2.27. The van der Waals surface area contributed by atoms with Crippen molar-refractivity contribution in [1.82, 2.24) is 9.03 Å². The lowest BCUT2D eigenvalue weighted by atomic mass is 9.96. The van der Waals surface area contributed by atoms with Gasteiger partial charge in [-0.2, -0.15) is 17.4 Å². The van der Waals surface area contributed by atoms with Crippen LogP contribution in [-0.2, 0) is 14.9 Å². The second-order valence-corrected chi connectivity index (χ2v) is 6.59. The van der Waals surface area contributed by atoms with Crippen LogP contribution in [0.4, 0.5) is 0 Å². The molecule has 0 radical (unpaired) electrons. The normalized spacial score (nSPS) is 20.2. The van der Waals surface area contributed by atoms with Gasteiger partial charge in [0.25, 0.3) is 10.2 Å². The number of methoxy groups -OCH3 is 1. The van der Waals surface area contributed by atoms with E-state index in [1.54, 1.807) is 7.05 Å². The van der Waals surface area contributed by atoms with Crippen molar-refractivity contribution in [3.05, 3.63) is 0 Å². The van der Waals surface area contributed by atoms with E-state index in [9.17, 15) is 13.5 Å². The molecule has 2 N–H and O–H groups in total. The molecule has 0 amide bonds.